The van der Waals surface area contributed by atoms with Gasteiger partial charge in [0.05, 0.1) is 0 Å². The van der Waals surface area contributed by atoms with Gasteiger partial charge in [0.15, 0.2) is 0 Å². The molecule has 1 heterocycles. The molecule has 1 aromatic heterocycles. The van der Waals surface area contributed by atoms with Gasteiger partial charge in [-0.1, -0.05) is 13.8 Å². The minimum atomic E-state index is 0.639. The van der Waals surface area contributed by atoms with Gasteiger partial charge in [-0.25, -0.2) is 4.98 Å². The van der Waals surface area contributed by atoms with E-state index in [-0.39, 0.29) is 0 Å². The molecular weight excluding hydrogens is 164 g/mol. The number of nitrogens with one attached hydrogen (secondary N) is 2. The summed E-state index contributed by atoms with van der Waals surface area (Å²) < 4.78 is 0. The van der Waals surface area contributed by atoms with Gasteiger partial charge in [0.1, 0.15) is 5.82 Å². The zero-order chi connectivity index (χ0) is 10.3. The molecule has 0 aliphatic heterocycles. The van der Waals surface area contributed by atoms with Crippen LogP contribution in [0.4, 0.5) is 11.8 Å². The number of anilines is 2. The Morgan fingerprint density at radius 2 is 1.77 bits per heavy atom. The normalized spacial score (nSPS) is 8.38. The maximum Gasteiger partial charge on any atom is 0.224 e. The zero-order valence-electron chi connectivity index (χ0n) is 8.97. The molecule has 0 unspecified atom stereocenters. The summed E-state index contributed by atoms with van der Waals surface area (Å²) in [6, 6.07) is 0. The van der Waals surface area contributed by atoms with E-state index >= 15 is 0 Å². The van der Waals surface area contributed by atoms with E-state index in [1.165, 1.54) is 0 Å². The Labute approximate surface area is 79.8 Å². The van der Waals surface area contributed by atoms with E-state index in [0.717, 1.165) is 11.4 Å². The van der Waals surface area contributed by atoms with Crippen molar-refractivity contribution in [2.75, 3.05) is 24.7 Å². The molecule has 0 radical (unpaired) electrons. The second-order valence-corrected chi connectivity index (χ2v) is 2.23. The minimum absolute atomic E-state index is 0.639. The van der Waals surface area contributed by atoms with Crippen molar-refractivity contribution in [1.29, 1.82) is 0 Å². The number of hydrogen-bond donors (Lipinski definition) is 2. The second kappa shape index (κ2) is 6.22. The lowest BCUT2D eigenvalue weighted by Gasteiger charge is -2.04. The van der Waals surface area contributed by atoms with Crippen LogP contribution in [0.5, 0.6) is 0 Å². The van der Waals surface area contributed by atoms with Gasteiger partial charge in [-0.2, -0.15) is 4.98 Å². The summed E-state index contributed by atoms with van der Waals surface area (Å²) >= 11 is 0. The standard InChI is InChI=1S/C7H12N4.C2H6/c1-5-4-10-7(9-3)11-6(5)8-2;1-2/h4H,1-3H3,(H2,8,9,10,11);1-2H3. The average molecular weight is 182 g/mol. The summed E-state index contributed by atoms with van der Waals surface area (Å²) in [6.45, 7) is 5.96. The maximum atomic E-state index is 4.18. The van der Waals surface area contributed by atoms with Crippen molar-refractivity contribution in [2.24, 2.45) is 0 Å². The molecule has 1 rings (SSSR count). The van der Waals surface area contributed by atoms with Crippen LogP contribution in [0.25, 0.3) is 0 Å². The molecule has 1 aromatic rings. The van der Waals surface area contributed by atoms with E-state index < -0.39 is 0 Å². The van der Waals surface area contributed by atoms with Crippen LogP contribution < -0.4 is 10.6 Å². The monoisotopic (exact) mass is 182 g/mol. The van der Waals surface area contributed by atoms with Crippen molar-refractivity contribution in [3.05, 3.63) is 11.8 Å². The number of aryl methyl sites for hydroxylation is 1. The van der Waals surface area contributed by atoms with Crippen LogP contribution in [0.15, 0.2) is 6.20 Å². The molecule has 13 heavy (non-hydrogen) atoms. The van der Waals surface area contributed by atoms with E-state index in [0.29, 0.717) is 5.95 Å². The third kappa shape index (κ3) is 3.27. The predicted molar refractivity (Wildman–Crippen MR) is 57.2 cm³/mol. The second-order valence-electron chi connectivity index (χ2n) is 2.23. The highest BCUT2D eigenvalue weighted by Gasteiger charge is 1.98. The SMILES string of the molecule is CC.CNc1ncc(C)c(NC)n1. The maximum absolute atomic E-state index is 4.18. The summed E-state index contributed by atoms with van der Waals surface area (Å²) in [5.41, 5.74) is 1.05. The van der Waals surface area contributed by atoms with Crippen LogP contribution in [0.3, 0.4) is 0 Å². The lowest BCUT2D eigenvalue weighted by atomic mass is 10.3. The van der Waals surface area contributed by atoms with Gasteiger partial charge in [0.25, 0.3) is 0 Å². The number of aromatic nitrogens is 2. The van der Waals surface area contributed by atoms with Crippen molar-refractivity contribution in [3.8, 4) is 0 Å². The summed E-state index contributed by atoms with van der Waals surface area (Å²) in [5, 5.41) is 5.85. The van der Waals surface area contributed by atoms with Gasteiger partial charge in [-0.05, 0) is 6.92 Å². The third-order valence-corrected chi connectivity index (χ3v) is 1.43. The zero-order valence-corrected chi connectivity index (χ0v) is 8.97. The Hall–Kier alpha value is -1.32. The fourth-order valence-corrected chi connectivity index (χ4v) is 0.816. The van der Waals surface area contributed by atoms with E-state index in [9.17, 15) is 0 Å². The molecule has 0 fully saturated rings. The van der Waals surface area contributed by atoms with Gasteiger partial charge in [0, 0.05) is 25.9 Å². The van der Waals surface area contributed by atoms with Crippen molar-refractivity contribution < 1.29 is 0 Å². The Kier molecular flexibility index (Phi) is 5.59. The molecule has 0 atom stereocenters. The number of hydrogen-bond acceptors (Lipinski definition) is 4. The molecule has 0 bridgehead atoms. The average Bonchev–Trinajstić information content (AvgIpc) is 2.22. The van der Waals surface area contributed by atoms with Gasteiger partial charge < -0.3 is 10.6 Å². The first-order valence-corrected chi connectivity index (χ1v) is 4.47. The molecule has 0 aliphatic rings. The first-order chi connectivity index (χ1) is 6.27. The first kappa shape index (κ1) is 11.7. The van der Waals surface area contributed by atoms with Crippen LogP contribution in [0, 0.1) is 6.92 Å². The van der Waals surface area contributed by atoms with Crippen molar-refractivity contribution in [2.45, 2.75) is 20.8 Å². The molecule has 0 saturated heterocycles. The van der Waals surface area contributed by atoms with E-state index in [2.05, 4.69) is 20.6 Å². The molecule has 0 amide bonds. The highest BCUT2D eigenvalue weighted by molar-refractivity contribution is 5.45. The van der Waals surface area contributed by atoms with Gasteiger partial charge in [-0.3, -0.25) is 0 Å². The molecule has 0 saturated carbocycles. The van der Waals surface area contributed by atoms with E-state index in [1.54, 1.807) is 13.2 Å². The highest BCUT2D eigenvalue weighted by Crippen LogP contribution is 2.10. The van der Waals surface area contributed by atoms with Gasteiger partial charge >= 0.3 is 0 Å². The third-order valence-electron chi connectivity index (χ3n) is 1.43. The number of rotatable bonds is 2. The molecule has 4 nitrogen and oxygen atoms in total. The minimum Gasteiger partial charge on any atom is -0.373 e. The highest BCUT2D eigenvalue weighted by atomic mass is 15.1. The van der Waals surface area contributed by atoms with Crippen LogP contribution in [-0.4, -0.2) is 24.1 Å². The largest absolute Gasteiger partial charge is 0.373 e. The van der Waals surface area contributed by atoms with Gasteiger partial charge in [-0.15, -0.1) is 0 Å². The molecular formula is C9H18N4. The Morgan fingerprint density at radius 1 is 1.15 bits per heavy atom. The fraction of sp³-hybridized carbons (Fsp3) is 0.556. The summed E-state index contributed by atoms with van der Waals surface area (Å²) in [5.74, 6) is 1.50. The topological polar surface area (TPSA) is 49.8 Å². The van der Waals surface area contributed by atoms with E-state index in [1.807, 2.05) is 27.8 Å². The molecule has 0 aliphatic carbocycles. The van der Waals surface area contributed by atoms with Crippen molar-refractivity contribution >= 4 is 11.8 Å². The Balaban J connectivity index is 0.000000671. The molecule has 0 spiro atoms. The lowest BCUT2D eigenvalue weighted by Crippen LogP contribution is -2.01. The van der Waals surface area contributed by atoms with Crippen LogP contribution >= 0.6 is 0 Å². The molecule has 2 N–H and O–H groups in total. The Morgan fingerprint density at radius 3 is 2.23 bits per heavy atom. The van der Waals surface area contributed by atoms with Crippen LogP contribution in [-0.2, 0) is 0 Å². The molecule has 0 aromatic carbocycles. The van der Waals surface area contributed by atoms with Gasteiger partial charge in [0.2, 0.25) is 5.95 Å². The lowest BCUT2D eigenvalue weighted by molar-refractivity contribution is 1.11. The first-order valence-electron chi connectivity index (χ1n) is 4.47. The van der Waals surface area contributed by atoms with Crippen LogP contribution in [0.1, 0.15) is 19.4 Å². The van der Waals surface area contributed by atoms with Crippen molar-refractivity contribution in [3.63, 3.8) is 0 Å². The summed E-state index contributed by atoms with van der Waals surface area (Å²) in [7, 11) is 3.64. The quantitative estimate of drug-likeness (QED) is 0.733. The molecule has 4 heteroatoms. The smallest absolute Gasteiger partial charge is 0.224 e. The summed E-state index contributed by atoms with van der Waals surface area (Å²) in [6.07, 6.45) is 1.78. The fourth-order valence-electron chi connectivity index (χ4n) is 0.816. The van der Waals surface area contributed by atoms with Crippen molar-refractivity contribution in [1.82, 2.24) is 9.97 Å². The Bertz CT molecular complexity index is 247. The van der Waals surface area contributed by atoms with E-state index in [4.69, 9.17) is 0 Å². The molecule has 74 valence electrons. The summed E-state index contributed by atoms with van der Waals surface area (Å²) in [4.78, 5) is 8.22. The number of nitrogens with zero attached hydrogens (tertiary/aromatic N) is 2. The predicted octanol–water partition coefficient (Wildman–Crippen LogP) is 1.89. The van der Waals surface area contributed by atoms with Crippen LogP contribution in [0.2, 0.25) is 0 Å².